The fourth-order valence-electron chi connectivity index (χ4n) is 1.60. The number of nitrogens with one attached hydrogen (secondary N) is 1. The molecule has 1 aromatic rings. The first-order valence-corrected chi connectivity index (χ1v) is 7.05. The third-order valence-corrected chi connectivity index (χ3v) is 2.95. The van der Waals surface area contributed by atoms with E-state index in [1.165, 1.54) is 6.92 Å². The lowest BCUT2D eigenvalue weighted by molar-refractivity contribution is -0.124. The first kappa shape index (κ1) is 17.5. The fraction of sp³-hybridized carbons (Fsp3) is 0.562. The van der Waals surface area contributed by atoms with E-state index in [2.05, 4.69) is 5.32 Å². The Morgan fingerprint density at radius 2 is 2.10 bits per heavy atom. The molecule has 0 radical (unpaired) electrons. The Kier molecular flexibility index (Phi) is 7.19. The molecule has 0 unspecified atom stereocenters. The average Bonchev–Trinajstić information content (AvgIpc) is 2.43. The molecule has 0 aliphatic heterocycles. The van der Waals surface area contributed by atoms with Gasteiger partial charge in [0, 0.05) is 25.4 Å². The smallest absolute Gasteiger partial charge is 0.189 e. The number of rotatable bonds is 10. The van der Waals surface area contributed by atoms with Crippen LogP contribution in [0.4, 0.5) is 5.69 Å². The van der Waals surface area contributed by atoms with Crippen molar-refractivity contribution in [3.8, 4) is 5.75 Å². The van der Waals surface area contributed by atoms with Crippen molar-refractivity contribution in [2.75, 3.05) is 32.4 Å². The monoisotopic (exact) mass is 295 g/mol. The predicted molar refractivity (Wildman–Crippen MR) is 82.8 cm³/mol. The highest BCUT2D eigenvalue weighted by molar-refractivity contribution is 5.76. The lowest BCUT2D eigenvalue weighted by Gasteiger charge is -2.25. The van der Waals surface area contributed by atoms with Crippen molar-refractivity contribution in [2.24, 2.45) is 0 Å². The van der Waals surface area contributed by atoms with Crippen molar-refractivity contribution in [2.45, 2.75) is 32.8 Å². The van der Waals surface area contributed by atoms with Gasteiger partial charge >= 0.3 is 0 Å². The molecule has 1 N–H and O–H groups in total. The van der Waals surface area contributed by atoms with Gasteiger partial charge in [-0.15, -0.1) is 0 Å². The highest BCUT2D eigenvalue weighted by Gasteiger charge is 2.18. The predicted octanol–water partition coefficient (Wildman–Crippen LogP) is 2.86. The Labute approximate surface area is 126 Å². The van der Waals surface area contributed by atoms with Gasteiger partial charge in [0.2, 0.25) is 0 Å². The number of hydrogen-bond acceptors (Lipinski definition) is 5. The minimum atomic E-state index is -0.364. The van der Waals surface area contributed by atoms with Gasteiger partial charge in [-0.05, 0) is 39.3 Å². The summed E-state index contributed by atoms with van der Waals surface area (Å²) in [6.07, 6.45) is 0.695. The van der Waals surface area contributed by atoms with E-state index >= 15 is 0 Å². The summed E-state index contributed by atoms with van der Waals surface area (Å²) in [6, 6.07) is 7.67. The van der Waals surface area contributed by atoms with Gasteiger partial charge in [0.15, 0.2) is 12.6 Å². The normalized spacial score (nSPS) is 11.2. The molecule has 5 nitrogen and oxygen atoms in total. The van der Waals surface area contributed by atoms with E-state index in [1.807, 2.05) is 45.2 Å². The van der Waals surface area contributed by atoms with E-state index in [9.17, 15) is 4.79 Å². The maximum atomic E-state index is 10.8. The molecule has 1 aromatic carbocycles. The molecule has 0 heterocycles. The zero-order chi connectivity index (χ0) is 15.7. The van der Waals surface area contributed by atoms with Gasteiger partial charge in [0.1, 0.15) is 12.4 Å². The molecule has 21 heavy (non-hydrogen) atoms. The number of hydrogen-bond donors (Lipinski definition) is 1. The SMILES string of the molecule is CNc1cccc(OCOC(C)(C)CCOCC(C)=O)c1. The van der Waals surface area contributed by atoms with Gasteiger partial charge in [0.05, 0.1) is 5.60 Å². The zero-order valence-corrected chi connectivity index (χ0v) is 13.3. The second-order valence-corrected chi connectivity index (χ2v) is 5.45. The number of Topliss-reactive ketones (excluding diaryl/α,β-unsaturated/α-hetero) is 1. The molecule has 0 aliphatic carbocycles. The lowest BCUT2D eigenvalue weighted by atomic mass is 10.1. The third kappa shape index (κ3) is 7.68. The molecule has 118 valence electrons. The van der Waals surface area contributed by atoms with Gasteiger partial charge in [-0.3, -0.25) is 4.79 Å². The summed E-state index contributed by atoms with van der Waals surface area (Å²) in [7, 11) is 1.86. The number of ether oxygens (including phenoxy) is 3. The van der Waals surface area contributed by atoms with Crippen LogP contribution in [0.25, 0.3) is 0 Å². The van der Waals surface area contributed by atoms with E-state index in [0.717, 1.165) is 11.4 Å². The minimum Gasteiger partial charge on any atom is -0.467 e. The van der Waals surface area contributed by atoms with E-state index in [0.29, 0.717) is 13.0 Å². The molecule has 1 rings (SSSR count). The van der Waals surface area contributed by atoms with Crippen molar-refractivity contribution >= 4 is 11.5 Å². The molecule has 5 heteroatoms. The number of benzene rings is 1. The van der Waals surface area contributed by atoms with Crippen molar-refractivity contribution in [1.82, 2.24) is 0 Å². The highest BCUT2D eigenvalue weighted by atomic mass is 16.7. The topological polar surface area (TPSA) is 56.8 Å². The van der Waals surface area contributed by atoms with Gasteiger partial charge in [-0.1, -0.05) is 6.07 Å². The maximum absolute atomic E-state index is 10.8. The van der Waals surface area contributed by atoms with Gasteiger partial charge in [0.25, 0.3) is 0 Å². The molecule has 0 atom stereocenters. The summed E-state index contributed by atoms with van der Waals surface area (Å²) in [6.45, 7) is 6.27. The van der Waals surface area contributed by atoms with Crippen LogP contribution < -0.4 is 10.1 Å². The molecule has 0 bridgehead atoms. The average molecular weight is 295 g/mol. The number of carbonyl (C=O) groups excluding carboxylic acids is 1. The first-order chi connectivity index (χ1) is 9.93. The first-order valence-electron chi connectivity index (χ1n) is 7.05. The molecule has 0 saturated heterocycles. The molecular formula is C16H25NO4. The van der Waals surface area contributed by atoms with Gasteiger partial charge < -0.3 is 19.5 Å². The van der Waals surface area contributed by atoms with Crippen LogP contribution in [0.5, 0.6) is 5.75 Å². The van der Waals surface area contributed by atoms with Crippen LogP contribution in [-0.2, 0) is 14.3 Å². The fourth-order valence-corrected chi connectivity index (χ4v) is 1.60. The van der Waals surface area contributed by atoms with Crippen LogP contribution in [0.15, 0.2) is 24.3 Å². The van der Waals surface area contributed by atoms with Crippen LogP contribution in [0.3, 0.4) is 0 Å². The number of ketones is 1. The van der Waals surface area contributed by atoms with Crippen molar-refractivity contribution in [3.05, 3.63) is 24.3 Å². The summed E-state index contributed by atoms with van der Waals surface area (Å²) >= 11 is 0. The van der Waals surface area contributed by atoms with Crippen LogP contribution in [0.2, 0.25) is 0 Å². The minimum absolute atomic E-state index is 0.0291. The molecule has 0 amide bonds. The molecule has 0 fully saturated rings. The van der Waals surface area contributed by atoms with Crippen LogP contribution in [-0.4, -0.2) is 38.4 Å². The van der Waals surface area contributed by atoms with Gasteiger partial charge in [-0.25, -0.2) is 0 Å². The summed E-state index contributed by atoms with van der Waals surface area (Å²) < 4.78 is 16.5. The highest BCUT2D eigenvalue weighted by Crippen LogP contribution is 2.19. The Bertz CT molecular complexity index is 446. The quantitative estimate of drug-likeness (QED) is 0.531. The second kappa shape index (κ2) is 8.64. The molecule has 0 saturated carbocycles. The zero-order valence-electron chi connectivity index (χ0n) is 13.3. The molecule has 0 spiro atoms. The Morgan fingerprint density at radius 3 is 2.76 bits per heavy atom. The number of carbonyl (C=O) groups is 1. The third-order valence-electron chi connectivity index (χ3n) is 2.95. The Balaban J connectivity index is 2.27. The maximum Gasteiger partial charge on any atom is 0.189 e. The lowest BCUT2D eigenvalue weighted by Crippen LogP contribution is -2.28. The number of anilines is 1. The summed E-state index contributed by atoms with van der Waals surface area (Å²) in [5, 5.41) is 3.05. The molecule has 0 aromatic heterocycles. The van der Waals surface area contributed by atoms with E-state index < -0.39 is 0 Å². The molecule has 0 aliphatic rings. The summed E-state index contributed by atoms with van der Waals surface area (Å²) in [5.74, 6) is 0.784. The second-order valence-electron chi connectivity index (χ2n) is 5.45. The largest absolute Gasteiger partial charge is 0.467 e. The summed E-state index contributed by atoms with van der Waals surface area (Å²) in [5.41, 5.74) is 0.626. The van der Waals surface area contributed by atoms with E-state index in [1.54, 1.807) is 0 Å². The van der Waals surface area contributed by atoms with Gasteiger partial charge in [-0.2, -0.15) is 0 Å². The van der Waals surface area contributed by atoms with Crippen molar-refractivity contribution in [3.63, 3.8) is 0 Å². The van der Waals surface area contributed by atoms with Crippen molar-refractivity contribution < 1.29 is 19.0 Å². The Morgan fingerprint density at radius 1 is 1.33 bits per heavy atom. The van der Waals surface area contributed by atoms with E-state index in [4.69, 9.17) is 14.2 Å². The van der Waals surface area contributed by atoms with Crippen molar-refractivity contribution in [1.29, 1.82) is 0 Å². The van der Waals surface area contributed by atoms with E-state index in [-0.39, 0.29) is 24.8 Å². The van der Waals surface area contributed by atoms with Crippen LogP contribution >= 0.6 is 0 Å². The Hall–Kier alpha value is -1.59. The standard InChI is InChI=1S/C16H25NO4/c1-13(18)11-19-9-8-16(2,3)21-12-20-15-7-5-6-14(10-15)17-4/h5-7,10,17H,8-9,11-12H2,1-4H3. The van der Waals surface area contributed by atoms with Crippen LogP contribution in [0, 0.1) is 0 Å². The summed E-state index contributed by atoms with van der Waals surface area (Å²) in [4.78, 5) is 10.8. The molecular weight excluding hydrogens is 270 g/mol. The van der Waals surface area contributed by atoms with Crippen LogP contribution in [0.1, 0.15) is 27.2 Å².